The summed E-state index contributed by atoms with van der Waals surface area (Å²) in [4.78, 5) is 15.3. The van der Waals surface area contributed by atoms with E-state index in [1.54, 1.807) is 30.3 Å². The maximum absolute atomic E-state index is 13.9. The Hall–Kier alpha value is -3.13. The van der Waals surface area contributed by atoms with E-state index < -0.39 is 0 Å². The van der Waals surface area contributed by atoms with Crippen LogP contribution in [0.25, 0.3) is 0 Å². The maximum atomic E-state index is 13.9. The summed E-state index contributed by atoms with van der Waals surface area (Å²) < 4.78 is 19.0. The van der Waals surface area contributed by atoms with Crippen molar-refractivity contribution in [3.05, 3.63) is 94.3 Å². The highest BCUT2D eigenvalue weighted by atomic mass is 35.5. The SMILES string of the molecule is COc1ccc(CN[C@H]2C[C@@H](C(=O)NCCc3ccccc3F)N(Cc3cccc(Cl)c3)C2)cc1O. The Balaban J connectivity index is 1.39. The van der Waals surface area contributed by atoms with E-state index in [1.807, 2.05) is 30.3 Å². The zero-order valence-corrected chi connectivity index (χ0v) is 21.0. The third kappa shape index (κ3) is 6.75. The smallest absolute Gasteiger partial charge is 0.237 e. The average Bonchev–Trinajstić information content (AvgIpc) is 3.26. The lowest BCUT2D eigenvalue weighted by Gasteiger charge is -2.23. The molecule has 0 bridgehead atoms. The van der Waals surface area contributed by atoms with Gasteiger partial charge in [0.2, 0.25) is 5.91 Å². The van der Waals surface area contributed by atoms with Crippen LogP contribution in [0.4, 0.5) is 4.39 Å². The molecular formula is C28H31ClFN3O3. The number of hydrogen-bond acceptors (Lipinski definition) is 5. The summed E-state index contributed by atoms with van der Waals surface area (Å²) in [5, 5.41) is 17.2. The van der Waals surface area contributed by atoms with Crippen molar-refractivity contribution in [1.29, 1.82) is 0 Å². The second-order valence-corrected chi connectivity index (χ2v) is 9.46. The van der Waals surface area contributed by atoms with Gasteiger partial charge in [0.15, 0.2) is 11.5 Å². The number of benzene rings is 3. The van der Waals surface area contributed by atoms with Gasteiger partial charge >= 0.3 is 0 Å². The van der Waals surface area contributed by atoms with E-state index in [4.69, 9.17) is 16.3 Å². The van der Waals surface area contributed by atoms with Crippen LogP contribution in [0.2, 0.25) is 5.02 Å². The van der Waals surface area contributed by atoms with Crippen molar-refractivity contribution in [2.75, 3.05) is 20.2 Å². The van der Waals surface area contributed by atoms with Gasteiger partial charge in [-0.3, -0.25) is 9.69 Å². The second-order valence-electron chi connectivity index (χ2n) is 9.03. The van der Waals surface area contributed by atoms with E-state index in [9.17, 15) is 14.3 Å². The highest BCUT2D eigenvalue weighted by Crippen LogP contribution is 2.27. The fourth-order valence-electron chi connectivity index (χ4n) is 4.62. The molecule has 36 heavy (non-hydrogen) atoms. The van der Waals surface area contributed by atoms with Crippen LogP contribution >= 0.6 is 11.6 Å². The number of carbonyl (C=O) groups excluding carboxylic acids is 1. The van der Waals surface area contributed by atoms with Crippen LogP contribution < -0.4 is 15.4 Å². The van der Waals surface area contributed by atoms with Crippen molar-refractivity contribution < 1.29 is 19.0 Å². The Bertz CT molecular complexity index is 1190. The van der Waals surface area contributed by atoms with Crippen LogP contribution in [0.3, 0.4) is 0 Å². The van der Waals surface area contributed by atoms with E-state index in [2.05, 4.69) is 15.5 Å². The molecule has 8 heteroatoms. The van der Waals surface area contributed by atoms with Gasteiger partial charge in [0.05, 0.1) is 13.2 Å². The average molecular weight is 512 g/mol. The Morgan fingerprint density at radius 1 is 1.14 bits per heavy atom. The number of likely N-dealkylation sites (tertiary alicyclic amines) is 1. The lowest BCUT2D eigenvalue weighted by Crippen LogP contribution is -2.43. The van der Waals surface area contributed by atoms with E-state index in [0.29, 0.717) is 55.4 Å². The highest BCUT2D eigenvalue weighted by molar-refractivity contribution is 6.30. The van der Waals surface area contributed by atoms with Crippen LogP contribution in [-0.2, 0) is 24.3 Å². The monoisotopic (exact) mass is 511 g/mol. The third-order valence-electron chi connectivity index (χ3n) is 6.47. The Labute approximate surface area is 216 Å². The van der Waals surface area contributed by atoms with Crippen LogP contribution in [-0.4, -0.2) is 48.2 Å². The number of carbonyl (C=O) groups is 1. The number of methoxy groups -OCH3 is 1. The van der Waals surface area contributed by atoms with Gasteiger partial charge in [-0.1, -0.05) is 48.0 Å². The molecule has 1 saturated heterocycles. The number of amides is 1. The van der Waals surface area contributed by atoms with Crippen LogP contribution in [0, 0.1) is 5.82 Å². The Morgan fingerprint density at radius 2 is 1.97 bits per heavy atom. The molecule has 3 aromatic rings. The number of hydrogen-bond donors (Lipinski definition) is 3. The summed E-state index contributed by atoms with van der Waals surface area (Å²) in [6.45, 7) is 2.19. The molecule has 0 radical (unpaired) electrons. The summed E-state index contributed by atoms with van der Waals surface area (Å²) in [5.41, 5.74) is 2.54. The molecule has 3 N–H and O–H groups in total. The molecule has 1 aliphatic rings. The number of nitrogens with zero attached hydrogens (tertiary/aromatic N) is 1. The van der Waals surface area contributed by atoms with Gasteiger partial charge < -0.3 is 20.5 Å². The Kier molecular flexibility index (Phi) is 8.80. The summed E-state index contributed by atoms with van der Waals surface area (Å²) in [6.07, 6.45) is 1.07. The molecule has 2 atom stereocenters. The second kappa shape index (κ2) is 12.2. The summed E-state index contributed by atoms with van der Waals surface area (Å²) in [7, 11) is 1.52. The van der Waals surface area contributed by atoms with Crippen molar-refractivity contribution in [3.8, 4) is 11.5 Å². The van der Waals surface area contributed by atoms with E-state index in [-0.39, 0.29) is 29.6 Å². The van der Waals surface area contributed by atoms with Crippen LogP contribution in [0.5, 0.6) is 11.5 Å². The first-order valence-electron chi connectivity index (χ1n) is 12.0. The van der Waals surface area contributed by atoms with Crippen molar-refractivity contribution in [1.82, 2.24) is 15.5 Å². The summed E-state index contributed by atoms with van der Waals surface area (Å²) >= 11 is 6.18. The first-order chi connectivity index (χ1) is 17.4. The number of halogens is 2. The van der Waals surface area contributed by atoms with E-state index in [0.717, 1.165) is 11.1 Å². The molecule has 0 aliphatic carbocycles. The van der Waals surface area contributed by atoms with Gasteiger partial charge in [0.1, 0.15) is 5.82 Å². The molecule has 1 amide bonds. The summed E-state index contributed by atoms with van der Waals surface area (Å²) in [6, 6.07) is 19.3. The van der Waals surface area contributed by atoms with E-state index in [1.165, 1.54) is 13.2 Å². The first-order valence-corrected chi connectivity index (χ1v) is 12.4. The fraction of sp³-hybridized carbons (Fsp3) is 0.321. The van der Waals surface area contributed by atoms with Gasteiger partial charge in [-0.05, 0) is 59.9 Å². The topological polar surface area (TPSA) is 73.8 Å². The molecule has 1 fully saturated rings. The van der Waals surface area contributed by atoms with Crippen molar-refractivity contribution in [3.63, 3.8) is 0 Å². The van der Waals surface area contributed by atoms with Gasteiger partial charge in [-0.2, -0.15) is 0 Å². The Morgan fingerprint density at radius 3 is 2.72 bits per heavy atom. The minimum Gasteiger partial charge on any atom is -0.504 e. The lowest BCUT2D eigenvalue weighted by atomic mass is 10.1. The molecule has 1 heterocycles. The number of aromatic hydroxyl groups is 1. The van der Waals surface area contributed by atoms with Crippen molar-refractivity contribution in [2.24, 2.45) is 0 Å². The molecule has 6 nitrogen and oxygen atoms in total. The zero-order chi connectivity index (χ0) is 25.5. The third-order valence-corrected chi connectivity index (χ3v) is 6.71. The molecule has 0 unspecified atom stereocenters. The predicted molar refractivity (Wildman–Crippen MR) is 139 cm³/mol. The van der Waals surface area contributed by atoms with Gasteiger partial charge in [0, 0.05) is 37.2 Å². The molecular weight excluding hydrogens is 481 g/mol. The molecule has 3 aromatic carbocycles. The largest absolute Gasteiger partial charge is 0.504 e. The number of nitrogens with one attached hydrogen (secondary N) is 2. The standard InChI is InChI=1S/C28H31ClFN3O3/c1-36-27-10-9-19(14-26(27)34)16-32-23-15-25(33(18-23)17-20-5-4-7-22(29)13-20)28(35)31-12-11-21-6-2-3-8-24(21)30/h2-10,13-14,23,25,32,34H,11-12,15-18H2,1H3,(H,31,35)/t23-,25-/m0/s1. The van der Waals surface area contributed by atoms with Gasteiger partial charge in [-0.25, -0.2) is 4.39 Å². The van der Waals surface area contributed by atoms with Crippen LogP contribution in [0.15, 0.2) is 66.7 Å². The highest BCUT2D eigenvalue weighted by Gasteiger charge is 2.36. The quantitative estimate of drug-likeness (QED) is 0.379. The van der Waals surface area contributed by atoms with Crippen LogP contribution in [0.1, 0.15) is 23.1 Å². The normalized spacial score (nSPS) is 17.8. The first kappa shape index (κ1) is 25.9. The molecule has 190 valence electrons. The molecule has 0 spiro atoms. The maximum Gasteiger partial charge on any atom is 0.237 e. The molecule has 1 aliphatic heterocycles. The minimum atomic E-state index is -0.327. The summed E-state index contributed by atoms with van der Waals surface area (Å²) in [5.74, 6) is 0.195. The van der Waals surface area contributed by atoms with Crippen molar-refractivity contribution in [2.45, 2.75) is 38.0 Å². The molecule has 0 aromatic heterocycles. The number of phenolic OH excluding ortho intramolecular Hbond substituents is 1. The molecule has 4 rings (SSSR count). The number of rotatable bonds is 10. The fourth-order valence-corrected chi connectivity index (χ4v) is 4.83. The van der Waals surface area contributed by atoms with Gasteiger partial charge in [0.25, 0.3) is 0 Å². The predicted octanol–water partition coefficient (Wildman–Crippen LogP) is 4.28. The lowest BCUT2D eigenvalue weighted by molar-refractivity contribution is -0.125. The minimum absolute atomic E-state index is 0.0697. The van der Waals surface area contributed by atoms with Gasteiger partial charge in [-0.15, -0.1) is 0 Å². The number of phenols is 1. The zero-order valence-electron chi connectivity index (χ0n) is 20.2. The number of ether oxygens (including phenoxy) is 1. The van der Waals surface area contributed by atoms with E-state index >= 15 is 0 Å². The molecule has 0 saturated carbocycles. The van der Waals surface area contributed by atoms with Crippen molar-refractivity contribution >= 4 is 17.5 Å².